The third kappa shape index (κ3) is 3.67. The zero-order valence-corrected chi connectivity index (χ0v) is 16.5. The summed E-state index contributed by atoms with van der Waals surface area (Å²) >= 11 is 6.37. The molecule has 0 fully saturated rings. The highest BCUT2D eigenvalue weighted by Crippen LogP contribution is 2.34. The average molecular weight is 409 g/mol. The van der Waals surface area contributed by atoms with E-state index in [9.17, 15) is 9.59 Å². The molecule has 1 N–H and O–H groups in total. The van der Waals surface area contributed by atoms with Gasteiger partial charge >= 0.3 is 0 Å². The van der Waals surface area contributed by atoms with Gasteiger partial charge in [-0.3, -0.25) is 14.5 Å². The Bertz CT molecular complexity index is 1070. The highest BCUT2D eigenvalue weighted by Gasteiger charge is 2.44. The van der Waals surface area contributed by atoms with E-state index in [-0.39, 0.29) is 18.4 Å². The van der Waals surface area contributed by atoms with Gasteiger partial charge in [0.25, 0.3) is 11.8 Å². The summed E-state index contributed by atoms with van der Waals surface area (Å²) in [5.41, 5.74) is 1.82. The quantitative estimate of drug-likeness (QED) is 0.673. The summed E-state index contributed by atoms with van der Waals surface area (Å²) in [4.78, 5) is 27.8. The molecule has 0 saturated heterocycles. The van der Waals surface area contributed by atoms with Crippen LogP contribution in [-0.4, -0.2) is 18.9 Å². The van der Waals surface area contributed by atoms with Gasteiger partial charge in [-0.25, -0.2) is 0 Å². The lowest BCUT2D eigenvalue weighted by molar-refractivity contribution is -0.695. The topological polar surface area (TPSA) is 62.5 Å². The van der Waals surface area contributed by atoms with Crippen molar-refractivity contribution in [3.05, 3.63) is 83.6 Å². The second-order valence-electron chi connectivity index (χ2n) is 6.59. The Morgan fingerprint density at radius 2 is 1.83 bits per heavy atom. The Morgan fingerprint density at radius 1 is 1.10 bits per heavy atom. The van der Waals surface area contributed by atoms with Crippen molar-refractivity contribution in [1.29, 1.82) is 0 Å². The van der Waals surface area contributed by atoms with Gasteiger partial charge in [0.05, 0.1) is 17.8 Å². The van der Waals surface area contributed by atoms with E-state index >= 15 is 0 Å². The first-order valence-corrected chi connectivity index (χ1v) is 9.46. The smallest absolute Gasteiger partial charge is 0.294 e. The van der Waals surface area contributed by atoms with Crippen LogP contribution in [0.15, 0.2) is 72.9 Å². The van der Waals surface area contributed by atoms with Crippen LogP contribution >= 0.6 is 11.6 Å². The van der Waals surface area contributed by atoms with E-state index in [1.165, 1.54) is 4.90 Å². The molecule has 0 unspecified atom stereocenters. The first-order valence-electron chi connectivity index (χ1n) is 9.08. The van der Waals surface area contributed by atoms with Crippen LogP contribution < -0.4 is 19.5 Å². The Labute approximate surface area is 173 Å². The molecule has 0 bridgehead atoms. The van der Waals surface area contributed by atoms with Gasteiger partial charge in [0, 0.05) is 17.8 Å². The number of hydrogen-bond donors (Lipinski definition) is 1. The predicted molar refractivity (Wildman–Crippen MR) is 110 cm³/mol. The molecular formula is C22H19ClN3O3+. The van der Waals surface area contributed by atoms with Crippen LogP contribution in [0.2, 0.25) is 5.02 Å². The number of hydrogen-bond acceptors (Lipinski definition) is 3. The number of nitrogens with zero attached hydrogens (tertiary/aromatic N) is 2. The first-order chi connectivity index (χ1) is 14.1. The number of carbonyl (C=O) groups is 2. The fourth-order valence-corrected chi connectivity index (χ4v) is 3.66. The molecule has 2 amide bonds. The summed E-state index contributed by atoms with van der Waals surface area (Å²) in [6, 6.07) is 18.7. The van der Waals surface area contributed by atoms with E-state index in [2.05, 4.69) is 5.32 Å². The van der Waals surface area contributed by atoms with Crippen molar-refractivity contribution >= 4 is 34.8 Å². The number of methoxy groups -OCH3 is 1. The van der Waals surface area contributed by atoms with Gasteiger partial charge in [0.15, 0.2) is 6.20 Å². The number of ether oxygens (including phenoxy) is 1. The molecule has 3 aromatic rings. The highest BCUT2D eigenvalue weighted by atomic mass is 35.5. The van der Waals surface area contributed by atoms with E-state index in [4.69, 9.17) is 16.3 Å². The van der Waals surface area contributed by atoms with E-state index in [0.717, 1.165) is 0 Å². The number of carbonyl (C=O) groups excluding carboxylic acids is 2. The summed E-state index contributed by atoms with van der Waals surface area (Å²) in [5.74, 6) is 0.147. The monoisotopic (exact) mass is 408 g/mol. The lowest BCUT2D eigenvalue weighted by atomic mass is 10.0. The fraction of sp³-hybridized carbons (Fsp3) is 0.136. The third-order valence-electron chi connectivity index (χ3n) is 4.81. The summed E-state index contributed by atoms with van der Waals surface area (Å²) < 4.78 is 6.94. The molecule has 0 radical (unpaired) electrons. The number of rotatable bonds is 4. The number of halogens is 1. The van der Waals surface area contributed by atoms with E-state index < -0.39 is 6.04 Å². The second kappa shape index (κ2) is 7.93. The first kappa shape index (κ1) is 19.0. The molecule has 2 heterocycles. The molecule has 6 nitrogen and oxygen atoms in total. The number of aromatic nitrogens is 1. The normalized spacial score (nSPS) is 15.6. The van der Waals surface area contributed by atoms with Crippen molar-refractivity contribution in [2.45, 2.75) is 12.6 Å². The molecule has 1 aliphatic heterocycles. The van der Waals surface area contributed by atoms with Crippen molar-refractivity contribution in [3.63, 3.8) is 0 Å². The van der Waals surface area contributed by atoms with E-state index in [1.54, 1.807) is 66.4 Å². The molecule has 1 atom stereocenters. The Balaban J connectivity index is 1.75. The number of para-hydroxylation sites is 1. The summed E-state index contributed by atoms with van der Waals surface area (Å²) in [5, 5.41) is 3.31. The van der Waals surface area contributed by atoms with Crippen LogP contribution in [0, 0.1) is 0 Å². The van der Waals surface area contributed by atoms with Crippen molar-refractivity contribution < 1.29 is 18.9 Å². The minimum absolute atomic E-state index is 0.133. The lowest BCUT2D eigenvalue weighted by Gasteiger charge is -2.32. The highest BCUT2D eigenvalue weighted by molar-refractivity contribution is 6.34. The van der Waals surface area contributed by atoms with Gasteiger partial charge in [0.1, 0.15) is 5.75 Å². The standard InChI is InChI=1S/C22H18ClN3O3/c1-29-16-11-9-15(10-12-16)24-22(28)21-19-8-4-5-13-25(19)14-20(27)26(21)18-7-3-2-6-17(18)23/h2-13,21H,14H2,1H3/p+1/t21-/m0/s1. The number of pyridine rings is 1. The van der Waals surface area contributed by atoms with Crippen LogP contribution in [0.1, 0.15) is 11.7 Å². The summed E-state index contributed by atoms with van der Waals surface area (Å²) in [6.45, 7) is 0.133. The van der Waals surface area contributed by atoms with Gasteiger partial charge in [-0.05, 0) is 36.4 Å². The summed E-state index contributed by atoms with van der Waals surface area (Å²) in [7, 11) is 1.58. The molecular weight excluding hydrogens is 390 g/mol. The Kier molecular flexibility index (Phi) is 5.18. The maximum atomic E-state index is 13.3. The zero-order valence-electron chi connectivity index (χ0n) is 15.7. The van der Waals surface area contributed by atoms with E-state index in [0.29, 0.717) is 27.8 Å². The molecule has 0 saturated carbocycles. The molecule has 1 aromatic heterocycles. The van der Waals surface area contributed by atoms with E-state index in [1.807, 2.05) is 18.2 Å². The van der Waals surface area contributed by atoms with Gasteiger partial charge < -0.3 is 10.1 Å². The molecule has 7 heteroatoms. The molecule has 29 heavy (non-hydrogen) atoms. The van der Waals surface area contributed by atoms with Crippen LogP contribution in [0.4, 0.5) is 11.4 Å². The number of benzene rings is 2. The average Bonchev–Trinajstić information content (AvgIpc) is 2.74. The maximum Gasteiger partial charge on any atom is 0.294 e. The largest absolute Gasteiger partial charge is 0.497 e. The number of amides is 2. The third-order valence-corrected chi connectivity index (χ3v) is 5.13. The Hall–Kier alpha value is -3.38. The molecule has 4 rings (SSSR count). The van der Waals surface area contributed by atoms with Crippen molar-refractivity contribution in [3.8, 4) is 5.75 Å². The molecule has 1 aliphatic rings. The van der Waals surface area contributed by atoms with Gasteiger partial charge in [-0.15, -0.1) is 0 Å². The van der Waals surface area contributed by atoms with Crippen LogP contribution in [0.3, 0.4) is 0 Å². The zero-order chi connectivity index (χ0) is 20.4. The van der Waals surface area contributed by atoms with Crippen LogP contribution in [-0.2, 0) is 16.1 Å². The molecule has 146 valence electrons. The predicted octanol–water partition coefficient (Wildman–Crippen LogP) is 3.36. The van der Waals surface area contributed by atoms with Crippen LogP contribution in [0.25, 0.3) is 0 Å². The van der Waals surface area contributed by atoms with Gasteiger partial charge in [-0.1, -0.05) is 29.8 Å². The molecule has 2 aromatic carbocycles. The fourth-order valence-electron chi connectivity index (χ4n) is 3.44. The minimum Gasteiger partial charge on any atom is -0.497 e. The maximum absolute atomic E-state index is 13.3. The lowest BCUT2D eigenvalue weighted by Crippen LogP contribution is -2.58. The summed E-state index contributed by atoms with van der Waals surface area (Å²) in [6.07, 6.45) is 1.80. The van der Waals surface area contributed by atoms with Crippen LogP contribution in [0.5, 0.6) is 5.75 Å². The van der Waals surface area contributed by atoms with Gasteiger partial charge in [-0.2, -0.15) is 4.57 Å². The van der Waals surface area contributed by atoms with Crippen molar-refractivity contribution in [2.75, 3.05) is 17.3 Å². The molecule has 0 spiro atoms. The number of fused-ring (bicyclic) bond motifs is 1. The second-order valence-corrected chi connectivity index (χ2v) is 7.00. The van der Waals surface area contributed by atoms with Crippen molar-refractivity contribution in [2.24, 2.45) is 0 Å². The Morgan fingerprint density at radius 3 is 2.55 bits per heavy atom. The SMILES string of the molecule is COc1ccc(NC(=O)[C@@H]2c3cccc[n+]3CC(=O)N2c2ccccc2Cl)cc1. The van der Waals surface area contributed by atoms with Gasteiger partial charge in [0.2, 0.25) is 18.3 Å². The number of nitrogens with one attached hydrogen (secondary N) is 1. The molecule has 0 aliphatic carbocycles. The van der Waals surface area contributed by atoms with Crippen molar-refractivity contribution in [1.82, 2.24) is 0 Å². The minimum atomic E-state index is -0.862. The number of anilines is 2.